The smallest absolute Gasteiger partial charge is 0.340 e. The Kier molecular flexibility index (Phi) is 6.95. The molecule has 41 heavy (non-hydrogen) atoms. The van der Waals surface area contributed by atoms with Crippen LogP contribution >= 0.6 is 11.6 Å². The number of halogens is 1. The molecular formula is C35H35ClN2O3. The number of ether oxygens (including phenoxy) is 2. The normalized spacial score (nSPS) is 18.0. The van der Waals surface area contributed by atoms with Crippen LogP contribution in [0.3, 0.4) is 0 Å². The van der Waals surface area contributed by atoms with Gasteiger partial charge in [0.05, 0.1) is 5.56 Å². The molecule has 0 amide bonds. The molecule has 2 aliphatic rings. The van der Waals surface area contributed by atoms with Crippen LogP contribution in [-0.4, -0.2) is 18.1 Å². The molecule has 1 N–H and O–H groups in total. The maximum absolute atomic E-state index is 13.4. The minimum atomic E-state index is -1.13. The molecule has 3 atom stereocenters. The summed E-state index contributed by atoms with van der Waals surface area (Å²) in [5.41, 5.74) is 5.79. The number of nitrogens with zero attached hydrogens (tertiary/aromatic N) is 1. The predicted molar refractivity (Wildman–Crippen MR) is 166 cm³/mol. The Hall–Kier alpha value is -3.96. The van der Waals surface area contributed by atoms with E-state index in [0.29, 0.717) is 34.2 Å². The summed E-state index contributed by atoms with van der Waals surface area (Å²) < 4.78 is 13.1. The van der Waals surface area contributed by atoms with E-state index < -0.39 is 5.60 Å². The molecule has 1 spiro atoms. The van der Waals surface area contributed by atoms with Crippen LogP contribution < -0.4 is 15.0 Å². The summed E-state index contributed by atoms with van der Waals surface area (Å²) in [6.45, 7) is 11.0. The van der Waals surface area contributed by atoms with Crippen LogP contribution in [0.5, 0.6) is 11.5 Å². The van der Waals surface area contributed by atoms with Crippen LogP contribution in [-0.2, 0) is 10.3 Å². The van der Waals surface area contributed by atoms with Gasteiger partial charge >= 0.3 is 5.97 Å². The molecule has 2 heterocycles. The number of carbonyl (C=O) groups is 1. The first kappa shape index (κ1) is 27.2. The molecule has 6 heteroatoms. The maximum atomic E-state index is 13.4. The lowest BCUT2D eigenvalue weighted by molar-refractivity contribution is 0.0224. The van der Waals surface area contributed by atoms with Crippen LogP contribution in [0.1, 0.15) is 73.1 Å². The molecule has 4 aromatic rings. The second-order valence-electron chi connectivity index (χ2n) is 11.1. The summed E-state index contributed by atoms with van der Waals surface area (Å²) in [4.78, 5) is 15.8. The highest BCUT2D eigenvalue weighted by molar-refractivity contribution is 6.30. The minimum Gasteiger partial charge on any atom is -0.456 e. The molecule has 0 fully saturated rings. The lowest BCUT2D eigenvalue weighted by Gasteiger charge is -2.39. The van der Waals surface area contributed by atoms with Crippen molar-refractivity contribution in [3.05, 3.63) is 112 Å². The highest BCUT2D eigenvalue weighted by atomic mass is 35.5. The molecule has 0 bridgehead atoms. The zero-order valence-corrected chi connectivity index (χ0v) is 24.9. The van der Waals surface area contributed by atoms with E-state index in [4.69, 9.17) is 21.1 Å². The van der Waals surface area contributed by atoms with Gasteiger partial charge in [-0.05, 0) is 93.8 Å². The van der Waals surface area contributed by atoms with Crippen molar-refractivity contribution in [3.8, 4) is 11.5 Å². The van der Waals surface area contributed by atoms with Crippen molar-refractivity contribution in [2.45, 2.75) is 65.1 Å². The first-order valence-corrected chi connectivity index (χ1v) is 14.8. The van der Waals surface area contributed by atoms with Crippen LogP contribution in [0.2, 0.25) is 5.02 Å². The molecule has 5 nitrogen and oxygen atoms in total. The summed E-state index contributed by atoms with van der Waals surface area (Å²) in [5.74, 6) is 1.04. The topological polar surface area (TPSA) is 50.8 Å². The van der Waals surface area contributed by atoms with E-state index in [1.54, 1.807) is 0 Å². The number of hydrogen-bond acceptors (Lipinski definition) is 5. The monoisotopic (exact) mass is 566 g/mol. The van der Waals surface area contributed by atoms with Crippen molar-refractivity contribution < 1.29 is 14.3 Å². The zero-order valence-electron chi connectivity index (χ0n) is 24.1. The number of esters is 1. The van der Waals surface area contributed by atoms with Gasteiger partial charge in [0.25, 0.3) is 0 Å². The van der Waals surface area contributed by atoms with E-state index in [9.17, 15) is 4.79 Å². The van der Waals surface area contributed by atoms with Gasteiger partial charge in [0, 0.05) is 56.9 Å². The highest BCUT2D eigenvalue weighted by Crippen LogP contribution is 2.57. The first-order valence-electron chi connectivity index (χ1n) is 14.4. The minimum absolute atomic E-state index is 0.336. The van der Waals surface area contributed by atoms with E-state index in [0.717, 1.165) is 52.2 Å². The summed E-state index contributed by atoms with van der Waals surface area (Å²) in [6, 6.07) is 26.4. The third-order valence-corrected chi connectivity index (χ3v) is 8.85. The Bertz CT molecular complexity index is 1620. The fourth-order valence-corrected chi connectivity index (χ4v) is 6.25. The van der Waals surface area contributed by atoms with Gasteiger partial charge < -0.3 is 19.7 Å². The molecule has 210 valence electrons. The summed E-state index contributed by atoms with van der Waals surface area (Å²) >= 11 is 6.12. The SMILES string of the molecule is CCC(C)N(c1ccc2c(c1)Oc1cc(C)c(Nc3ccc(Cl)cc3)cc1C21OC(=O)c2ccccc21)C(C)CC. The van der Waals surface area contributed by atoms with E-state index in [1.165, 1.54) is 0 Å². The Morgan fingerprint density at radius 2 is 1.54 bits per heavy atom. The number of anilines is 3. The fraction of sp³-hybridized carbons (Fsp3) is 0.286. The van der Waals surface area contributed by atoms with Crippen molar-refractivity contribution in [1.82, 2.24) is 0 Å². The highest BCUT2D eigenvalue weighted by Gasteiger charge is 2.53. The number of fused-ring (bicyclic) bond motifs is 6. The Labute approximate surface area is 247 Å². The molecule has 6 rings (SSSR count). The summed E-state index contributed by atoms with van der Waals surface area (Å²) in [6.07, 6.45) is 2.06. The quantitative estimate of drug-likeness (QED) is 0.226. The lowest BCUT2D eigenvalue weighted by atomic mass is 9.77. The summed E-state index contributed by atoms with van der Waals surface area (Å²) in [7, 11) is 0. The van der Waals surface area contributed by atoms with Gasteiger partial charge in [-0.3, -0.25) is 0 Å². The van der Waals surface area contributed by atoms with Crippen LogP contribution in [0.4, 0.5) is 17.1 Å². The molecular weight excluding hydrogens is 532 g/mol. The Morgan fingerprint density at radius 1 is 0.854 bits per heavy atom. The summed E-state index contributed by atoms with van der Waals surface area (Å²) in [5, 5.41) is 4.19. The van der Waals surface area contributed by atoms with E-state index in [-0.39, 0.29) is 5.97 Å². The second kappa shape index (κ2) is 10.5. The lowest BCUT2D eigenvalue weighted by Crippen LogP contribution is -2.40. The van der Waals surface area contributed by atoms with Gasteiger partial charge in [0.2, 0.25) is 0 Å². The molecule has 0 aromatic heterocycles. The molecule has 0 aliphatic carbocycles. The fourth-order valence-electron chi connectivity index (χ4n) is 6.13. The van der Waals surface area contributed by atoms with Crippen LogP contribution in [0, 0.1) is 6.92 Å². The van der Waals surface area contributed by atoms with E-state index >= 15 is 0 Å². The predicted octanol–water partition coefficient (Wildman–Crippen LogP) is 9.36. The molecule has 0 saturated carbocycles. The number of hydrogen-bond donors (Lipinski definition) is 1. The number of rotatable bonds is 7. The third-order valence-electron chi connectivity index (χ3n) is 8.60. The zero-order chi connectivity index (χ0) is 28.9. The van der Waals surface area contributed by atoms with Gasteiger partial charge in [-0.15, -0.1) is 0 Å². The second-order valence-corrected chi connectivity index (χ2v) is 11.6. The van der Waals surface area contributed by atoms with Crippen LogP contribution in [0.25, 0.3) is 0 Å². The largest absolute Gasteiger partial charge is 0.456 e. The van der Waals surface area contributed by atoms with Crippen molar-refractivity contribution >= 4 is 34.6 Å². The van der Waals surface area contributed by atoms with Gasteiger partial charge in [0.1, 0.15) is 11.5 Å². The molecule has 2 aliphatic heterocycles. The van der Waals surface area contributed by atoms with E-state index in [2.05, 4.69) is 62.2 Å². The molecule has 0 saturated heterocycles. The van der Waals surface area contributed by atoms with Crippen molar-refractivity contribution in [3.63, 3.8) is 0 Å². The number of aryl methyl sites for hydroxylation is 1. The average Bonchev–Trinajstić information content (AvgIpc) is 3.27. The Balaban J connectivity index is 1.55. The van der Waals surface area contributed by atoms with Crippen molar-refractivity contribution in [2.75, 3.05) is 10.2 Å². The van der Waals surface area contributed by atoms with Gasteiger partial charge in [-0.25, -0.2) is 4.79 Å². The van der Waals surface area contributed by atoms with Crippen molar-refractivity contribution in [2.24, 2.45) is 0 Å². The molecule has 4 aromatic carbocycles. The third kappa shape index (κ3) is 4.43. The average molecular weight is 567 g/mol. The number of benzene rings is 4. The maximum Gasteiger partial charge on any atom is 0.340 e. The molecule has 3 unspecified atom stereocenters. The van der Waals surface area contributed by atoms with E-state index in [1.807, 2.05) is 61.5 Å². The van der Waals surface area contributed by atoms with Gasteiger partial charge in [-0.1, -0.05) is 43.6 Å². The first-order chi connectivity index (χ1) is 19.8. The number of carbonyl (C=O) groups excluding carboxylic acids is 1. The van der Waals surface area contributed by atoms with Gasteiger partial charge in [0.15, 0.2) is 5.60 Å². The number of nitrogens with one attached hydrogen (secondary N) is 1. The van der Waals surface area contributed by atoms with Gasteiger partial charge in [-0.2, -0.15) is 0 Å². The van der Waals surface area contributed by atoms with Crippen molar-refractivity contribution in [1.29, 1.82) is 0 Å². The molecule has 0 radical (unpaired) electrons. The Morgan fingerprint density at radius 3 is 2.24 bits per heavy atom. The van der Waals surface area contributed by atoms with Crippen LogP contribution in [0.15, 0.2) is 78.9 Å². The standard InChI is InChI=1S/C35H35ClN2O3/c1-6-22(4)38(23(5)7-2)26-16-17-29-33(19-26)40-32-18-21(3)31(37-25-14-12-24(36)13-15-25)20-30(32)35(29)28-11-9-8-10-27(28)34(39)41-35/h8-20,22-23,37H,6-7H2,1-5H3.